The van der Waals surface area contributed by atoms with E-state index in [1.165, 1.54) is 0 Å². The number of nitrogens with one attached hydrogen (secondary N) is 1. The Morgan fingerprint density at radius 1 is 1.53 bits per heavy atom. The second-order valence-corrected chi connectivity index (χ2v) is 2.78. The molecule has 0 fully saturated rings. The summed E-state index contributed by atoms with van der Waals surface area (Å²) in [7, 11) is 0. The summed E-state index contributed by atoms with van der Waals surface area (Å²) in [6.45, 7) is 1.09. The van der Waals surface area contributed by atoms with Gasteiger partial charge in [-0.3, -0.25) is 9.59 Å². The van der Waals surface area contributed by atoms with E-state index in [9.17, 15) is 18.4 Å². The first-order chi connectivity index (χ1) is 6.97. The van der Waals surface area contributed by atoms with Crippen LogP contribution in [-0.2, 0) is 4.79 Å². The van der Waals surface area contributed by atoms with Crippen molar-refractivity contribution in [1.82, 2.24) is 0 Å². The highest BCUT2D eigenvalue weighted by molar-refractivity contribution is 5.92. The molecule has 0 bridgehead atoms. The number of carbonyl (C=O) groups is 2. The van der Waals surface area contributed by atoms with Crippen LogP contribution in [0.1, 0.15) is 17.3 Å². The Morgan fingerprint density at radius 2 is 2.13 bits per heavy atom. The molecule has 0 spiro atoms. The van der Waals surface area contributed by atoms with Crippen LogP contribution in [-0.4, -0.2) is 17.3 Å². The molecule has 0 aliphatic heterocycles. The fourth-order valence-electron chi connectivity index (χ4n) is 1.02. The smallest absolute Gasteiger partial charge is 0.221 e. The highest BCUT2D eigenvalue weighted by Crippen LogP contribution is 2.30. The molecule has 0 aliphatic rings. The van der Waals surface area contributed by atoms with Crippen LogP contribution in [0.5, 0.6) is 5.75 Å². The first kappa shape index (κ1) is 11.1. The summed E-state index contributed by atoms with van der Waals surface area (Å²) < 4.78 is 26.2. The number of benzene rings is 1. The minimum absolute atomic E-state index is 0.0323. The number of halogens is 2. The van der Waals surface area contributed by atoms with Crippen LogP contribution in [0, 0.1) is 11.6 Å². The number of hydrogen-bond acceptors (Lipinski definition) is 3. The molecule has 1 aromatic carbocycles. The number of carbonyl (C=O) groups excluding carboxylic acids is 2. The van der Waals surface area contributed by atoms with Crippen LogP contribution in [0.25, 0.3) is 0 Å². The lowest BCUT2D eigenvalue weighted by atomic mass is 10.1. The molecule has 0 radical (unpaired) electrons. The number of aromatic hydroxyl groups is 1. The number of aldehydes is 1. The van der Waals surface area contributed by atoms with Crippen LogP contribution in [0.4, 0.5) is 14.5 Å². The third-order valence-electron chi connectivity index (χ3n) is 1.65. The average molecular weight is 215 g/mol. The fourth-order valence-corrected chi connectivity index (χ4v) is 1.02. The minimum atomic E-state index is -1.29. The van der Waals surface area contributed by atoms with E-state index < -0.39 is 34.5 Å². The Kier molecular flexibility index (Phi) is 2.99. The largest absolute Gasteiger partial charge is 0.506 e. The van der Waals surface area contributed by atoms with Gasteiger partial charge in [0.2, 0.25) is 5.91 Å². The Morgan fingerprint density at radius 3 is 2.60 bits per heavy atom. The maximum Gasteiger partial charge on any atom is 0.221 e. The molecule has 6 heteroatoms. The van der Waals surface area contributed by atoms with Gasteiger partial charge in [0.05, 0.1) is 5.56 Å². The molecule has 80 valence electrons. The van der Waals surface area contributed by atoms with Crippen LogP contribution in [0.3, 0.4) is 0 Å². The van der Waals surface area contributed by atoms with E-state index in [1.54, 1.807) is 0 Å². The van der Waals surface area contributed by atoms with E-state index in [0.717, 1.165) is 6.92 Å². The molecule has 0 saturated heterocycles. The molecule has 15 heavy (non-hydrogen) atoms. The lowest BCUT2D eigenvalue weighted by Crippen LogP contribution is -2.10. The second kappa shape index (κ2) is 4.04. The zero-order valence-electron chi connectivity index (χ0n) is 7.67. The number of rotatable bonds is 2. The van der Waals surface area contributed by atoms with Crippen LogP contribution in [0.15, 0.2) is 6.07 Å². The SMILES string of the molecule is CC(=O)Nc1c(O)cc(F)c(C=O)c1F. The molecular weight excluding hydrogens is 208 g/mol. The number of phenols is 1. The maximum atomic E-state index is 13.3. The lowest BCUT2D eigenvalue weighted by Gasteiger charge is -2.08. The van der Waals surface area contributed by atoms with Crippen molar-refractivity contribution in [1.29, 1.82) is 0 Å². The van der Waals surface area contributed by atoms with E-state index in [2.05, 4.69) is 0 Å². The number of phenolic OH excluding ortho intramolecular Hbond substituents is 1. The van der Waals surface area contributed by atoms with Crippen LogP contribution >= 0.6 is 0 Å². The van der Waals surface area contributed by atoms with E-state index in [4.69, 9.17) is 5.11 Å². The highest BCUT2D eigenvalue weighted by atomic mass is 19.1. The predicted octanol–water partition coefficient (Wildman–Crippen LogP) is 1.44. The van der Waals surface area contributed by atoms with Crippen LogP contribution in [0.2, 0.25) is 0 Å². The van der Waals surface area contributed by atoms with E-state index >= 15 is 0 Å². The van der Waals surface area contributed by atoms with Gasteiger partial charge in [-0.05, 0) is 0 Å². The third-order valence-corrected chi connectivity index (χ3v) is 1.65. The summed E-state index contributed by atoms with van der Waals surface area (Å²) >= 11 is 0. The van der Waals surface area contributed by atoms with Gasteiger partial charge >= 0.3 is 0 Å². The van der Waals surface area contributed by atoms with Crippen LogP contribution < -0.4 is 5.32 Å². The monoisotopic (exact) mass is 215 g/mol. The first-order valence-corrected chi connectivity index (χ1v) is 3.91. The molecule has 0 unspecified atom stereocenters. The summed E-state index contributed by atoms with van der Waals surface area (Å²) in [5, 5.41) is 11.1. The Labute approximate surface area is 83.5 Å². The molecule has 0 aromatic heterocycles. The van der Waals surface area contributed by atoms with Gasteiger partial charge in [-0.1, -0.05) is 0 Å². The Balaban J connectivity index is 3.38. The molecule has 1 rings (SSSR count). The van der Waals surface area contributed by atoms with E-state index in [0.29, 0.717) is 6.07 Å². The summed E-state index contributed by atoms with van der Waals surface area (Å²) in [5.74, 6) is -3.90. The van der Waals surface area contributed by atoms with Crippen molar-refractivity contribution >= 4 is 17.9 Å². The van der Waals surface area contributed by atoms with Crippen molar-refractivity contribution in [2.45, 2.75) is 6.92 Å². The molecule has 4 nitrogen and oxygen atoms in total. The summed E-state index contributed by atoms with van der Waals surface area (Å²) in [5.41, 5.74) is -1.44. The van der Waals surface area contributed by atoms with Gasteiger partial charge in [-0.25, -0.2) is 8.78 Å². The Bertz CT molecular complexity index is 432. The average Bonchev–Trinajstić information content (AvgIpc) is 2.12. The zero-order valence-corrected chi connectivity index (χ0v) is 7.67. The normalized spacial score (nSPS) is 9.80. The second-order valence-electron chi connectivity index (χ2n) is 2.78. The molecule has 0 atom stereocenters. The van der Waals surface area contributed by atoms with Gasteiger partial charge in [0, 0.05) is 13.0 Å². The fraction of sp³-hybridized carbons (Fsp3) is 0.111. The summed E-state index contributed by atoms with van der Waals surface area (Å²) in [6, 6.07) is 0.554. The molecule has 0 heterocycles. The number of hydrogen-bond donors (Lipinski definition) is 2. The van der Waals surface area contributed by atoms with Gasteiger partial charge in [-0.15, -0.1) is 0 Å². The number of anilines is 1. The Hall–Kier alpha value is -1.98. The maximum absolute atomic E-state index is 13.3. The molecule has 0 saturated carbocycles. The topological polar surface area (TPSA) is 66.4 Å². The van der Waals surface area contributed by atoms with Crippen molar-refractivity contribution in [2.24, 2.45) is 0 Å². The molecule has 0 aliphatic carbocycles. The minimum Gasteiger partial charge on any atom is -0.506 e. The highest BCUT2D eigenvalue weighted by Gasteiger charge is 2.18. The van der Waals surface area contributed by atoms with Gasteiger partial charge in [0.25, 0.3) is 0 Å². The summed E-state index contributed by atoms with van der Waals surface area (Å²) in [4.78, 5) is 21.0. The standard InChI is InChI=1S/C9H7F2NO3/c1-4(14)12-9-7(15)2-6(10)5(3-13)8(9)11/h2-3,15H,1H3,(H,12,14). The van der Waals surface area contributed by atoms with Gasteiger partial charge in [-0.2, -0.15) is 0 Å². The number of amides is 1. The van der Waals surface area contributed by atoms with E-state index in [1.807, 2.05) is 5.32 Å². The molecule has 2 N–H and O–H groups in total. The van der Waals surface area contributed by atoms with Crippen molar-refractivity contribution in [2.75, 3.05) is 5.32 Å². The third kappa shape index (κ3) is 2.09. The van der Waals surface area contributed by atoms with Crippen molar-refractivity contribution in [3.05, 3.63) is 23.3 Å². The first-order valence-electron chi connectivity index (χ1n) is 3.91. The predicted molar refractivity (Wildman–Crippen MR) is 47.7 cm³/mol. The van der Waals surface area contributed by atoms with Crippen molar-refractivity contribution < 1.29 is 23.5 Å². The van der Waals surface area contributed by atoms with E-state index in [-0.39, 0.29) is 6.29 Å². The lowest BCUT2D eigenvalue weighted by molar-refractivity contribution is -0.114. The molecular formula is C9H7F2NO3. The van der Waals surface area contributed by atoms with Gasteiger partial charge in [0.15, 0.2) is 12.1 Å². The molecule has 1 aromatic rings. The summed E-state index contributed by atoms with van der Waals surface area (Å²) in [6.07, 6.45) is -0.0323. The van der Waals surface area contributed by atoms with Crippen molar-refractivity contribution in [3.63, 3.8) is 0 Å². The quantitative estimate of drug-likeness (QED) is 0.579. The zero-order chi connectivity index (χ0) is 11.6. The molecule has 1 amide bonds. The van der Waals surface area contributed by atoms with Gasteiger partial charge < -0.3 is 10.4 Å². The van der Waals surface area contributed by atoms with Gasteiger partial charge in [0.1, 0.15) is 17.3 Å². The van der Waals surface area contributed by atoms with Crippen molar-refractivity contribution in [3.8, 4) is 5.75 Å².